The molecule has 1 aliphatic heterocycles. The molecule has 1 fully saturated rings. The number of esters is 2. The minimum atomic E-state index is -0.969. The molecule has 2 heterocycles. The normalized spacial score (nSPS) is 19.3. The number of hydrogen-bond donors (Lipinski definition) is 1. The minimum Gasteiger partial charge on any atom is -0.497 e. The van der Waals surface area contributed by atoms with Crippen LogP contribution in [-0.2, 0) is 23.8 Å². The monoisotopic (exact) mass is 487 g/mol. The molecule has 0 bridgehead atoms. The van der Waals surface area contributed by atoms with Crippen LogP contribution in [0.2, 0.25) is 0 Å². The van der Waals surface area contributed by atoms with E-state index in [1.807, 2.05) is 13.8 Å². The fourth-order valence-electron chi connectivity index (χ4n) is 3.71. The van der Waals surface area contributed by atoms with E-state index in [2.05, 4.69) is 10.3 Å². The van der Waals surface area contributed by atoms with Crippen molar-refractivity contribution < 1.29 is 33.3 Å². The molecule has 11 heteroatoms. The number of ether oxygens (including phenoxy) is 4. The summed E-state index contributed by atoms with van der Waals surface area (Å²) in [7, 11) is 1.53. The van der Waals surface area contributed by atoms with E-state index in [-0.39, 0.29) is 24.8 Å². The Morgan fingerprint density at radius 3 is 2.43 bits per heavy atom. The van der Waals surface area contributed by atoms with Crippen LogP contribution in [-0.4, -0.2) is 53.3 Å². The lowest BCUT2D eigenvalue weighted by molar-refractivity contribution is -0.153. The maximum absolute atomic E-state index is 13.0. The van der Waals surface area contributed by atoms with Gasteiger partial charge in [0.2, 0.25) is 0 Å². The predicted octanol–water partition coefficient (Wildman–Crippen LogP) is 2.41. The summed E-state index contributed by atoms with van der Waals surface area (Å²) in [6.07, 6.45) is -0.552. The number of nitrogens with zero attached hydrogens (tertiary/aromatic N) is 2. The zero-order valence-corrected chi connectivity index (χ0v) is 20.3. The molecular weight excluding hydrogens is 458 g/mol. The molecule has 3 atom stereocenters. The molecule has 1 aliphatic rings. The lowest BCUT2D eigenvalue weighted by Crippen LogP contribution is -2.35. The number of aromatic nitrogens is 2. The Bertz CT molecular complexity index is 1140. The van der Waals surface area contributed by atoms with Crippen LogP contribution in [0.5, 0.6) is 5.75 Å². The van der Waals surface area contributed by atoms with Gasteiger partial charge in [0.1, 0.15) is 24.3 Å². The molecule has 1 amide bonds. The molecular formula is C24H29N3O8. The maximum atomic E-state index is 13.0. The first-order chi connectivity index (χ1) is 16.6. The van der Waals surface area contributed by atoms with Crippen molar-refractivity contribution in [2.45, 2.75) is 58.5 Å². The number of anilines is 1. The van der Waals surface area contributed by atoms with E-state index in [4.69, 9.17) is 18.9 Å². The standard InChI is InChI=1S/C24H29N3O8/c1-13(2)19-11-27(23-20(34-15(4)29)10-18(35-23)12-33-14(3)28)24(31)26-21(19)25-22(30)16-6-8-17(32-5)9-7-16/h6-9,11,13,18,20,23H,10,12H2,1-5H3,(H,25,26,30,31)/t18-,20+,23+/m0/s1. The first-order valence-electron chi connectivity index (χ1n) is 11.1. The first-order valence-corrected chi connectivity index (χ1v) is 11.1. The van der Waals surface area contributed by atoms with Crippen LogP contribution in [0.4, 0.5) is 5.82 Å². The van der Waals surface area contributed by atoms with E-state index < -0.39 is 42.0 Å². The molecule has 1 aromatic heterocycles. The summed E-state index contributed by atoms with van der Waals surface area (Å²) in [4.78, 5) is 52.7. The third-order valence-electron chi connectivity index (χ3n) is 5.40. The average Bonchev–Trinajstić information content (AvgIpc) is 3.19. The number of methoxy groups -OCH3 is 1. The lowest BCUT2D eigenvalue weighted by atomic mass is 10.1. The second kappa shape index (κ2) is 11.1. The van der Waals surface area contributed by atoms with Crippen LogP contribution in [0.3, 0.4) is 0 Å². The van der Waals surface area contributed by atoms with Gasteiger partial charge in [-0.1, -0.05) is 13.8 Å². The zero-order chi connectivity index (χ0) is 25.7. The van der Waals surface area contributed by atoms with Crippen LogP contribution >= 0.6 is 0 Å². The Morgan fingerprint density at radius 1 is 1.17 bits per heavy atom. The van der Waals surface area contributed by atoms with Crippen LogP contribution in [0, 0.1) is 0 Å². The molecule has 0 aliphatic carbocycles. The molecule has 1 saturated heterocycles. The van der Waals surface area contributed by atoms with Crippen LogP contribution < -0.4 is 15.7 Å². The van der Waals surface area contributed by atoms with Crippen molar-refractivity contribution in [3.63, 3.8) is 0 Å². The van der Waals surface area contributed by atoms with Gasteiger partial charge in [0.25, 0.3) is 5.91 Å². The highest BCUT2D eigenvalue weighted by molar-refractivity contribution is 6.04. The first kappa shape index (κ1) is 25.9. The molecule has 3 rings (SSSR count). The smallest absolute Gasteiger partial charge is 0.351 e. The summed E-state index contributed by atoms with van der Waals surface area (Å²) in [5.74, 6) is -0.831. The van der Waals surface area contributed by atoms with E-state index in [0.717, 1.165) is 0 Å². The Kier molecular flexibility index (Phi) is 8.23. The van der Waals surface area contributed by atoms with Gasteiger partial charge in [-0.3, -0.25) is 19.0 Å². The number of benzene rings is 1. The van der Waals surface area contributed by atoms with E-state index in [9.17, 15) is 19.2 Å². The van der Waals surface area contributed by atoms with Gasteiger partial charge in [-0.2, -0.15) is 4.98 Å². The van der Waals surface area contributed by atoms with Crippen molar-refractivity contribution in [3.8, 4) is 5.75 Å². The summed E-state index contributed by atoms with van der Waals surface area (Å²) >= 11 is 0. The summed E-state index contributed by atoms with van der Waals surface area (Å²) in [6.45, 7) is 6.26. The van der Waals surface area contributed by atoms with Crippen LogP contribution in [0.15, 0.2) is 35.3 Å². The van der Waals surface area contributed by atoms with Crippen molar-refractivity contribution in [3.05, 3.63) is 52.1 Å². The molecule has 0 unspecified atom stereocenters. The van der Waals surface area contributed by atoms with Gasteiger partial charge in [-0.15, -0.1) is 0 Å². The second-order valence-electron chi connectivity index (χ2n) is 8.41. The van der Waals surface area contributed by atoms with Gasteiger partial charge in [0.15, 0.2) is 6.23 Å². The number of rotatable bonds is 8. The molecule has 0 spiro atoms. The zero-order valence-electron chi connectivity index (χ0n) is 20.3. The third kappa shape index (κ3) is 6.44. The second-order valence-corrected chi connectivity index (χ2v) is 8.41. The Hall–Kier alpha value is -3.73. The predicted molar refractivity (Wildman–Crippen MR) is 124 cm³/mol. The average molecular weight is 488 g/mol. The van der Waals surface area contributed by atoms with Crippen molar-refractivity contribution in [2.24, 2.45) is 0 Å². The molecule has 11 nitrogen and oxygen atoms in total. The molecule has 2 aromatic rings. The van der Waals surface area contributed by atoms with Crippen molar-refractivity contribution in [1.29, 1.82) is 0 Å². The summed E-state index contributed by atoms with van der Waals surface area (Å²) in [5, 5.41) is 2.70. The Balaban J connectivity index is 1.90. The number of nitrogens with one attached hydrogen (secondary N) is 1. The third-order valence-corrected chi connectivity index (χ3v) is 5.40. The molecule has 188 valence electrons. The van der Waals surface area contributed by atoms with Crippen molar-refractivity contribution in [2.75, 3.05) is 19.0 Å². The number of carbonyl (C=O) groups excluding carboxylic acids is 3. The number of carbonyl (C=O) groups is 3. The summed E-state index contributed by atoms with van der Waals surface area (Å²) in [6, 6.07) is 6.51. The highest BCUT2D eigenvalue weighted by Crippen LogP contribution is 2.32. The highest BCUT2D eigenvalue weighted by Gasteiger charge is 2.40. The largest absolute Gasteiger partial charge is 0.497 e. The van der Waals surface area contributed by atoms with Crippen molar-refractivity contribution >= 4 is 23.7 Å². The number of hydrogen-bond acceptors (Lipinski definition) is 9. The molecule has 35 heavy (non-hydrogen) atoms. The quantitative estimate of drug-likeness (QED) is 0.557. The van der Waals surface area contributed by atoms with Crippen LogP contribution in [0.25, 0.3) is 0 Å². The van der Waals surface area contributed by atoms with E-state index >= 15 is 0 Å². The number of amides is 1. The SMILES string of the molecule is COc1ccc(C(=O)Nc2nc(=O)n([C@@H]3O[C@H](COC(C)=O)C[C@H]3OC(C)=O)cc2C(C)C)cc1. The maximum Gasteiger partial charge on any atom is 0.351 e. The summed E-state index contributed by atoms with van der Waals surface area (Å²) in [5.41, 5.74) is 0.253. The molecule has 0 radical (unpaired) electrons. The Morgan fingerprint density at radius 2 is 1.86 bits per heavy atom. The van der Waals surface area contributed by atoms with E-state index in [1.165, 1.54) is 25.5 Å². The summed E-state index contributed by atoms with van der Waals surface area (Å²) < 4.78 is 22.6. The highest BCUT2D eigenvalue weighted by atomic mass is 16.6. The fraction of sp³-hybridized carbons (Fsp3) is 0.458. The fourth-order valence-corrected chi connectivity index (χ4v) is 3.71. The van der Waals surface area contributed by atoms with Gasteiger partial charge in [0.05, 0.1) is 13.2 Å². The molecule has 0 saturated carbocycles. The molecule has 1 N–H and O–H groups in total. The van der Waals surface area contributed by atoms with Gasteiger partial charge < -0.3 is 24.3 Å². The van der Waals surface area contributed by atoms with Crippen molar-refractivity contribution in [1.82, 2.24) is 9.55 Å². The van der Waals surface area contributed by atoms with Gasteiger partial charge in [-0.25, -0.2) is 4.79 Å². The van der Waals surface area contributed by atoms with E-state index in [0.29, 0.717) is 16.9 Å². The Labute approximate surface area is 202 Å². The van der Waals surface area contributed by atoms with Gasteiger partial charge in [0, 0.05) is 37.6 Å². The van der Waals surface area contributed by atoms with Gasteiger partial charge >= 0.3 is 17.6 Å². The lowest BCUT2D eigenvalue weighted by Gasteiger charge is -2.22. The van der Waals surface area contributed by atoms with Crippen LogP contribution in [0.1, 0.15) is 62.2 Å². The van der Waals surface area contributed by atoms with Gasteiger partial charge in [-0.05, 0) is 30.2 Å². The molecule has 1 aromatic carbocycles. The topological polar surface area (TPSA) is 135 Å². The minimum absolute atomic E-state index is 0.0428. The van der Waals surface area contributed by atoms with E-state index in [1.54, 1.807) is 30.5 Å².